The first kappa shape index (κ1) is 9.32. The third kappa shape index (κ3) is 2.33. The van der Waals surface area contributed by atoms with Crippen LogP contribution in [0.25, 0.3) is 0 Å². The first-order chi connectivity index (χ1) is 6.13. The number of benzene rings is 1. The second-order valence-corrected chi connectivity index (χ2v) is 2.60. The molecule has 0 fully saturated rings. The zero-order chi connectivity index (χ0) is 9.84. The fraction of sp³-hybridized carbons (Fsp3) is 0.100. The van der Waals surface area contributed by atoms with Crippen molar-refractivity contribution in [3.8, 4) is 11.5 Å². The van der Waals surface area contributed by atoms with Crippen molar-refractivity contribution in [1.82, 2.24) is 0 Å². The number of phenols is 2. The van der Waals surface area contributed by atoms with E-state index in [4.69, 9.17) is 10.2 Å². The molecule has 0 aliphatic carbocycles. The molecule has 3 heteroatoms. The molecule has 0 aliphatic rings. The minimum Gasteiger partial charge on any atom is -0.508 e. The van der Waals surface area contributed by atoms with Crippen LogP contribution in [-0.2, 0) is 0 Å². The predicted octanol–water partition coefficient (Wildman–Crippen LogP) is 1.86. The number of allylic oxidation sites excluding steroid dienone is 2. The van der Waals surface area contributed by atoms with Gasteiger partial charge in [0.1, 0.15) is 11.5 Å². The second-order valence-electron chi connectivity index (χ2n) is 2.60. The van der Waals surface area contributed by atoms with Gasteiger partial charge >= 0.3 is 0 Å². The molecule has 0 amide bonds. The van der Waals surface area contributed by atoms with Crippen LogP contribution in [0.5, 0.6) is 11.5 Å². The van der Waals surface area contributed by atoms with Gasteiger partial charge in [-0.15, -0.1) is 0 Å². The molecule has 0 aliphatic heterocycles. The van der Waals surface area contributed by atoms with Gasteiger partial charge in [-0.25, -0.2) is 0 Å². The van der Waals surface area contributed by atoms with Gasteiger partial charge in [0.25, 0.3) is 0 Å². The number of hydrogen-bond acceptors (Lipinski definition) is 3. The molecule has 0 heterocycles. The van der Waals surface area contributed by atoms with E-state index in [0.29, 0.717) is 0 Å². The third-order valence-corrected chi connectivity index (χ3v) is 1.51. The first-order valence-corrected chi connectivity index (χ1v) is 3.83. The summed E-state index contributed by atoms with van der Waals surface area (Å²) in [4.78, 5) is 11.2. The number of hydrogen-bond donors (Lipinski definition) is 2. The number of rotatable bonds is 2. The van der Waals surface area contributed by atoms with Crippen LogP contribution >= 0.6 is 0 Å². The fourth-order valence-electron chi connectivity index (χ4n) is 0.985. The normalized spacial score (nSPS) is 10.5. The predicted molar refractivity (Wildman–Crippen MR) is 48.9 cm³/mol. The van der Waals surface area contributed by atoms with Gasteiger partial charge in [-0.2, -0.15) is 0 Å². The van der Waals surface area contributed by atoms with Gasteiger partial charge in [0.2, 0.25) is 0 Å². The van der Waals surface area contributed by atoms with Gasteiger partial charge in [0.15, 0.2) is 5.78 Å². The molecule has 2 N–H and O–H groups in total. The Bertz CT molecular complexity index is 333. The highest BCUT2D eigenvalue weighted by Gasteiger charge is 2.04. The number of carbonyl (C=O) groups is 1. The first-order valence-electron chi connectivity index (χ1n) is 3.83. The Labute approximate surface area is 76.0 Å². The van der Waals surface area contributed by atoms with E-state index < -0.39 is 0 Å². The Morgan fingerprint density at radius 3 is 2.23 bits per heavy atom. The standard InChI is InChI=1S/C10H10O3/c1-2-3-10(13)7-4-8(11)6-9(12)5-7/h2-6,11-12H,1H3. The van der Waals surface area contributed by atoms with Gasteiger partial charge in [0.05, 0.1) is 0 Å². The molecule has 0 saturated heterocycles. The Hall–Kier alpha value is -1.77. The van der Waals surface area contributed by atoms with E-state index in [1.807, 2.05) is 0 Å². The van der Waals surface area contributed by atoms with Crippen molar-refractivity contribution in [2.24, 2.45) is 0 Å². The van der Waals surface area contributed by atoms with Crippen molar-refractivity contribution >= 4 is 5.78 Å². The van der Waals surface area contributed by atoms with Gasteiger partial charge in [-0.1, -0.05) is 6.08 Å². The van der Waals surface area contributed by atoms with Crippen molar-refractivity contribution < 1.29 is 15.0 Å². The van der Waals surface area contributed by atoms with Crippen LogP contribution < -0.4 is 0 Å². The minimum atomic E-state index is -0.242. The number of ketones is 1. The second kappa shape index (κ2) is 3.76. The molecule has 1 aromatic rings. The lowest BCUT2D eigenvalue weighted by molar-refractivity contribution is 0.104. The van der Waals surface area contributed by atoms with E-state index in [-0.39, 0.29) is 22.8 Å². The zero-order valence-electron chi connectivity index (χ0n) is 7.19. The molecule has 1 aromatic carbocycles. The zero-order valence-corrected chi connectivity index (χ0v) is 7.19. The quantitative estimate of drug-likeness (QED) is 0.536. The van der Waals surface area contributed by atoms with Crippen LogP contribution in [0.15, 0.2) is 30.4 Å². The maximum absolute atomic E-state index is 11.2. The van der Waals surface area contributed by atoms with Crippen molar-refractivity contribution in [2.45, 2.75) is 6.92 Å². The summed E-state index contributed by atoms with van der Waals surface area (Å²) in [5, 5.41) is 18.1. The van der Waals surface area contributed by atoms with E-state index >= 15 is 0 Å². The Balaban J connectivity index is 3.08. The molecular formula is C10H10O3. The van der Waals surface area contributed by atoms with E-state index in [0.717, 1.165) is 0 Å². The molecule has 0 radical (unpaired) electrons. The van der Waals surface area contributed by atoms with Crippen molar-refractivity contribution in [3.05, 3.63) is 35.9 Å². The van der Waals surface area contributed by atoms with Gasteiger partial charge in [-0.05, 0) is 25.1 Å². The smallest absolute Gasteiger partial charge is 0.185 e. The monoisotopic (exact) mass is 178 g/mol. The highest BCUT2D eigenvalue weighted by atomic mass is 16.3. The summed E-state index contributed by atoms with van der Waals surface area (Å²) in [6, 6.07) is 3.79. The molecule has 0 saturated carbocycles. The van der Waals surface area contributed by atoms with Gasteiger partial charge in [-0.3, -0.25) is 4.79 Å². The molecule has 13 heavy (non-hydrogen) atoms. The summed E-state index contributed by atoms with van der Waals surface area (Å²) in [5.74, 6) is -0.477. The molecule has 3 nitrogen and oxygen atoms in total. The average Bonchev–Trinajstić information content (AvgIpc) is 2.03. The lowest BCUT2D eigenvalue weighted by Crippen LogP contribution is -1.92. The molecule has 0 atom stereocenters. The van der Waals surface area contributed by atoms with Gasteiger partial charge < -0.3 is 10.2 Å². The van der Waals surface area contributed by atoms with Crippen LogP contribution in [0, 0.1) is 0 Å². The molecular weight excluding hydrogens is 168 g/mol. The van der Waals surface area contributed by atoms with E-state index in [1.165, 1.54) is 24.3 Å². The maximum Gasteiger partial charge on any atom is 0.185 e. The van der Waals surface area contributed by atoms with E-state index in [1.54, 1.807) is 13.0 Å². The lowest BCUT2D eigenvalue weighted by atomic mass is 10.1. The van der Waals surface area contributed by atoms with Crippen LogP contribution in [0.1, 0.15) is 17.3 Å². The van der Waals surface area contributed by atoms with Crippen LogP contribution in [0.2, 0.25) is 0 Å². The highest BCUT2D eigenvalue weighted by molar-refractivity contribution is 6.04. The summed E-state index contributed by atoms with van der Waals surface area (Å²) < 4.78 is 0. The SMILES string of the molecule is CC=CC(=O)c1cc(O)cc(O)c1. The Morgan fingerprint density at radius 2 is 1.77 bits per heavy atom. The average molecular weight is 178 g/mol. The summed E-state index contributed by atoms with van der Waals surface area (Å²) >= 11 is 0. The maximum atomic E-state index is 11.2. The molecule has 68 valence electrons. The summed E-state index contributed by atoms with van der Waals surface area (Å²) in [6.45, 7) is 1.72. The summed E-state index contributed by atoms with van der Waals surface area (Å²) in [7, 11) is 0. The molecule has 0 spiro atoms. The topological polar surface area (TPSA) is 57.5 Å². The third-order valence-electron chi connectivity index (χ3n) is 1.51. The van der Waals surface area contributed by atoms with E-state index in [2.05, 4.69) is 0 Å². The molecule has 0 unspecified atom stereocenters. The molecule has 0 aromatic heterocycles. The fourth-order valence-corrected chi connectivity index (χ4v) is 0.985. The van der Waals surface area contributed by atoms with Crippen molar-refractivity contribution in [2.75, 3.05) is 0 Å². The van der Waals surface area contributed by atoms with Crippen LogP contribution in [0.4, 0.5) is 0 Å². The summed E-state index contributed by atoms with van der Waals surface area (Å²) in [5.41, 5.74) is 0.274. The van der Waals surface area contributed by atoms with E-state index in [9.17, 15) is 4.79 Å². The van der Waals surface area contributed by atoms with Gasteiger partial charge in [0, 0.05) is 11.6 Å². The van der Waals surface area contributed by atoms with Crippen LogP contribution in [0.3, 0.4) is 0 Å². The Morgan fingerprint density at radius 1 is 1.23 bits per heavy atom. The Kier molecular flexibility index (Phi) is 2.69. The van der Waals surface area contributed by atoms with Crippen molar-refractivity contribution in [1.29, 1.82) is 0 Å². The lowest BCUT2D eigenvalue weighted by Gasteiger charge is -1.98. The number of aromatic hydroxyl groups is 2. The van der Waals surface area contributed by atoms with Crippen molar-refractivity contribution in [3.63, 3.8) is 0 Å². The summed E-state index contributed by atoms with van der Waals surface area (Å²) in [6.07, 6.45) is 2.97. The highest BCUT2D eigenvalue weighted by Crippen LogP contribution is 2.20. The molecule has 1 rings (SSSR count). The molecule has 0 bridgehead atoms. The number of phenolic OH excluding ortho intramolecular Hbond substituents is 2. The number of carbonyl (C=O) groups excluding carboxylic acids is 1. The minimum absolute atomic E-state index is 0.118. The van der Waals surface area contributed by atoms with Crippen LogP contribution in [-0.4, -0.2) is 16.0 Å². The largest absolute Gasteiger partial charge is 0.508 e.